The van der Waals surface area contributed by atoms with E-state index in [-0.39, 0.29) is 11.8 Å². The van der Waals surface area contributed by atoms with E-state index in [1.807, 2.05) is 37.3 Å². The second kappa shape index (κ2) is 7.70. The molecule has 6 heteroatoms. The van der Waals surface area contributed by atoms with Gasteiger partial charge in [0.15, 0.2) is 5.13 Å². The highest BCUT2D eigenvalue weighted by molar-refractivity contribution is 7.17. The Morgan fingerprint density at radius 3 is 2.68 bits per heavy atom. The lowest BCUT2D eigenvalue weighted by atomic mass is 9.94. The molecule has 5 nitrogen and oxygen atoms in total. The Bertz CT molecular complexity index is 640. The summed E-state index contributed by atoms with van der Waals surface area (Å²) in [5.74, 6) is -0.790. The largest absolute Gasteiger partial charge is 0.465 e. The van der Waals surface area contributed by atoms with Crippen molar-refractivity contribution in [3.05, 3.63) is 47.0 Å². The van der Waals surface area contributed by atoms with Gasteiger partial charge in [-0.15, -0.1) is 0 Å². The minimum Gasteiger partial charge on any atom is -0.465 e. The smallest absolute Gasteiger partial charge is 0.349 e. The van der Waals surface area contributed by atoms with Crippen molar-refractivity contribution < 1.29 is 14.3 Å². The number of benzene rings is 1. The fourth-order valence-corrected chi connectivity index (χ4v) is 2.88. The van der Waals surface area contributed by atoms with Gasteiger partial charge in [-0.3, -0.25) is 4.79 Å². The van der Waals surface area contributed by atoms with Crippen molar-refractivity contribution in [1.29, 1.82) is 0 Å². The summed E-state index contributed by atoms with van der Waals surface area (Å²) in [4.78, 5) is 28.3. The van der Waals surface area contributed by atoms with Crippen molar-refractivity contribution in [1.82, 2.24) is 4.98 Å². The van der Waals surface area contributed by atoms with Crippen molar-refractivity contribution in [3.8, 4) is 0 Å². The predicted molar refractivity (Wildman–Crippen MR) is 86.2 cm³/mol. The van der Waals surface area contributed by atoms with Crippen LogP contribution in [-0.2, 0) is 9.53 Å². The van der Waals surface area contributed by atoms with Crippen LogP contribution in [0.15, 0.2) is 36.5 Å². The first-order valence-corrected chi connectivity index (χ1v) is 7.87. The Morgan fingerprint density at radius 1 is 1.32 bits per heavy atom. The van der Waals surface area contributed by atoms with Gasteiger partial charge in [0, 0.05) is 0 Å². The molecule has 0 saturated carbocycles. The van der Waals surface area contributed by atoms with Gasteiger partial charge in [-0.05, 0) is 12.0 Å². The van der Waals surface area contributed by atoms with Gasteiger partial charge in [-0.1, -0.05) is 55.0 Å². The van der Waals surface area contributed by atoms with Crippen molar-refractivity contribution in [2.75, 3.05) is 12.4 Å². The summed E-state index contributed by atoms with van der Waals surface area (Å²) in [7, 11) is 1.31. The highest BCUT2D eigenvalue weighted by Gasteiger charge is 2.21. The Morgan fingerprint density at radius 2 is 2.05 bits per heavy atom. The van der Waals surface area contributed by atoms with Crippen LogP contribution in [0.3, 0.4) is 0 Å². The molecule has 0 saturated heterocycles. The first kappa shape index (κ1) is 16.2. The molecule has 1 amide bonds. The van der Waals surface area contributed by atoms with E-state index >= 15 is 0 Å². The molecule has 116 valence electrons. The van der Waals surface area contributed by atoms with E-state index in [1.165, 1.54) is 13.3 Å². The predicted octanol–water partition coefficient (Wildman–Crippen LogP) is 3.45. The molecule has 0 aliphatic carbocycles. The molecule has 0 spiro atoms. The number of aromatic nitrogens is 1. The van der Waals surface area contributed by atoms with Crippen LogP contribution >= 0.6 is 11.3 Å². The van der Waals surface area contributed by atoms with Gasteiger partial charge < -0.3 is 10.1 Å². The second-order valence-electron chi connectivity index (χ2n) is 4.76. The number of carbonyl (C=O) groups is 2. The molecule has 1 unspecified atom stereocenters. The lowest BCUT2D eigenvalue weighted by Gasteiger charge is -2.15. The van der Waals surface area contributed by atoms with Crippen LogP contribution in [-0.4, -0.2) is 24.0 Å². The fourth-order valence-electron chi connectivity index (χ4n) is 2.14. The number of anilines is 1. The number of nitrogens with zero attached hydrogens (tertiary/aromatic N) is 1. The van der Waals surface area contributed by atoms with Gasteiger partial charge in [0.25, 0.3) is 0 Å². The molecular formula is C16H18N2O3S. The first-order chi connectivity index (χ1) is 10.7. The van der Waals surface area contributed by atoms with Crippen molar-refractivity contribution in [2.24, 2.45) is 0 Å². The molecule has 1 aromatic heterocycles. The summed E-state index contributed by atoms with van der Waals surface area (Å²) in [6.07, 6.45) is 3.06. The number of ether oxygens (including phenoxy) is 1. The lowest BCUT2D eigenvalue weighted by molar-refractivity contribution is -0.117. The van der Waals surface area contributed by atoms with Crippen LogP contribution < -0.4 is 5.32 Å². The number of carbonyl (C=O) groups excluding carboxylic acids is 2. The van der Waals surface area contributed by atoms with Gasteiger partial charge in [0.1, 0.15) is 4.88 Å². The van der Waals surface area contributed by atoms with Gasteiger partial charge in [-0.2, -0.15) is 0 Å². The molecule has 22 heavy (non-hydrogen) atoms. The molecule has 2 aromatic rings. The number of methoxy groups -OCH3 is 1. The van der Waals surface area contributed by atoms with Crippen LogP contribution in [0.2, 0.25) is 0 Å². The molecule has 1 heterocycles. The molecule has 1 aromatic carbocycles. The van der Waals surface area contributed by atoms with E-state index in [2.05, 4.69) is 15.0 Å². The Hall–Kier alpha value is -2.21. The molecule has 0 aliphatic heterocycles. The quantitative estimate of drug-likeness (QED) is 0.828. The van der Waals surface area contributed by atoms with Crippen molar-refractivity contribution in [2.45, 2.75) is 25.7 Å². The van der Waals surface area contributed by atoms with E-state index in [4.69, 9.17) is 0 Å². The normalized spacial score (nSPS) is 11.7. The van der Waals surface area contributed by atoms with Gasteiger partial charge >= 0.3 is 5.97 Å². The monoisotopic (exact) mass is 318 g/mol. The maximum Gasteiger partial charge on any atom is 0.349 e. The number of nitrogens with one attached hydrogen (secondary N) is 1. The van der Waals surface area contributed by atoms with Gasteiger partial charge in [0.2, 0.25) is 5.91 Å². The third-order valence-corrected chi connectivity index (χ3v) is 4.11. The standard InChI is InChI=1S/C16H18N2O3S/c1-3-7-12(11-8-5-4-6-9-11)14(19)18-16-17-10-13(22-16)15(20)21-2/h4-6,8-10,12H,3,7H2,1-2H3,(H,17,18,19). The number of amides is 1. The van der Waals surface area contributed by atoms with E-state index in [0.717, 1.165) is 29.7 Å². The van der Waals surface area contributed by atoms with E-state index < -0.39 is 5.97 Å². The zero-order chi connectivity index (χ0) is 15.9. The minimum absolute atomic E-state index is 0.112. The highest BCUT2D eigenvalue weighted by atomic mass is 32.1. The first-order valence-electron chi connectivity index (χ1n) is 7.05. The van der Waals surface area contributed by atoms with Gasteiger partial charge in [-0.25, -0.2) is 9.78 Å². The maximum atomic E-state index is 12.5. The molecule has 0 aliphatic rings. The summed E-state index contributed by atoms with van der Waals surface area (Å²) in [6.45, 7) is 2.04. The summed E-state index contributed by atoms with van der Waals surface area (Å²) < 4.78 is 4.63. The minimum atomic E-state index is -0.453. The zero-order valence-corrected chi connectivity index (χ0v) is 13.4. The number of hydrogen-bond acceptors (Lipinski definition) is 5. The number of rotatable bonds is 6. The number of hydrogen-bond donors (Lipinski definition) is 1. The fraction of sp³-hybridized carbons (Fsp3) is 0.312. The van der Waals surface area contributed by atoms with Crippen LogP contribution in [0.1, 0.15) is 40.9 Å². The highest BCUT2D eigenvalue weighted by Crippen LogP contribution is 2.25. The average Bonchev–Trinajstić information content (AvgIpc) is 3.01. The SMILES string of the molecule is CCCC(C(=O)Nc1ncc(C(=O)OC)s1)c1ccccc1. The molecule has 0 fully saturated rings. The average molecular weight is 318 g/mol. The van der Waals surface area contributed by atoms with Crippen molar-refractivity contribution in [3.63, 3.8) is 0 Å². The van der Waals surface area contributed by atoms with Crippen LogP contribution in [0.5, 0.6) is 0 Å². The maximum absolute atomic E-state index is 12.5. The summed E-state index contributed by atoms with van der Waals surface area (Å²) in [5.41, 5.74) is 0.978. The van der Waals surface area contributed by atoms with E-state index in [0.29, 0.717) is 10.0 Å². The van der Waals surface area contributed by atoms with Crippen molar-refractivity contribution >= 4 is 28.3 Å². The van der Waals surface area contributed by atoms with E-state index in [1.54, 1.807) is 0 Å². The molecular weight excluding hydrogens is 300 g/mol. The molecule has 1 N–H and O–H groups in total. The zero-order valence-electron chi connectivity index (χ0n) is 12.5. The molecule has 1 atom stereocenters. The number of esters is 1. The summed E-state index contributed by atoms with van der Waals surface area (Å²) in [5, 5.41) is 3.19. The molecule has 0 radical (unpaired) electrons. The topological polar surface area (TPSA) is 68.3 Å². The lowest BCUT2D eigenvalue weighted by Crippen LogP contribution is -2.21. The Balaban J connectivity index is 2.11. The third kappa shape index (κ3) is 3.92. The Kier molecular flexibility index (Phi) is 5.66. The number of thiazole rings is 1. The Labute approximate surface area is 133 Å². The summed E-state index contributed by atoms with van der Waals surface area (Å²) in [6, 6.07) is 9.66. The van der Waals surface area contributed by atoms with E-state index in [9.17, 15) is 9.59 Å². The van der Waals surface area contributed by atoms with Crippen LogP contribution in [0.25, 0.3) is 0 Å². The summed E-state index contributed by atoms with van der Waals surface area (Å²) >= 11 is 1.11. The second-order valence-corrected chi connectivity index (χ2v) is 5.79. The van der Waals surface area contributed by atoms with Gasteiger partial charge in [0.05, 0.1) is 19.2 Å². The molecule has 2 rings (SSSR count). The molecule has 0 bridgehead atoms. The van der Waals surface area contributed by atoms with Crippen LogP contribution in [0.4, 0.5) is 5.13 Å². The van der Waals surface area contributed by atoms with Crippen LogP contribution in [0, 0.1) is 0 Å². The third-order valence-electron chi connectivity index (χ3n) is 3.22.